The van der Waals surface area contributed by atoms with Gasteiger partial charge in [-0.25, -0.2) is 4.39 Å². The molecule has 0 fully saturated rings. The summed E-state index contributed by atoms with van der Waals surface area (Å²) in [5, 5.41) is 0.639. The molecule has 2 heterocycles. The number of benzene rings is 3. The van der Waals surface area contributed by atoms with E-state index in [1.807, 2.05) is 55.5 Å². The van der Waals surface area contributed by atoms with Gasteiger partial charge in [-0.05, 0) is 47.9 Å². The molecule has 4 aromatic rings. The normalized spacial score (nSPS) is 13.9. The molecule has 1 atom stereocenters. The third-order valence-corrected chi connectivity index (χ3v) is 6.16. The molecule has 0 saturated heterocycles. The zero-order valence-corrected chi connectivity index (χ0v) is 19.1. The highest BCUT2D eigenvalue weighted by Gasteiger charge is 2.36. The van der Waals surface area contributed by atoms with Crippen molar-refractivity contribution in [1.82, 2.24) is 9.88 Å². The third kappa shape index (κ3) is 4.19. The number of carbonyl (C=O) groups excluding carboxylic acids is 2. The van der Waals surface area contributed by atoms with Crippen LogP contribution in [0.1, 0.15) is 50.4 Å². The summed E-state index contributed by atoms with van der Waals surface area (Å²) in [6.07, 6.45) is 5.77. The van der Waals surface area contributed by atoms with Gasteiger partial charge in [0.2, 0.25) is 0 Å². The molecular formula is C29H23FN2O3. The molecule has 0 radical (unpaired) electrons. The lowest BCUT2D eigenvalue weighted by molar-refractivity contribution is 0.0762. The van der Waals surface area contributed by atoms with Gasteiger partial charge in [-0.15, -0.1) is 0 Å². The number of rotatable bonds is 7. The predicted octanol–water partition coefficient (Wildman–Crippen LogP) is 6.04. The Bertz CT molecular complexity index is 1430. The number of fused-ring (bicyclic) bond motifs is 2. The second kappa shape index (κ2) is 9.50. The minimum Gasteiger partial charge on any atom is -0.478 e. The monoisotopic (exact) mass is 466 g/mol. The number of aldehydes is 1. The minimum absolute atomic E-state index is 0.248. The van der Waals surface area contributed by atoms with Crippen molar-refractivity contribution in [2.45, 2.75) is 26.1 Å². The highest BCUT2D eigenvalue weighted by Crippen LogP contribution is 2.42. The first-order chi connectivity index (χ1) is 17.1. The molecule has 5 rings (SSSR count). The van der Waals surface area contributed by atoms with Crippen LogP contribution in [-0.2, 0) is 13.1 Å². The molecule has 5 nitrogen and oxygen atoms in total. The molecule has 1 aliphatic rings. The van der Waals surface area contributed by atoms with Crippen LogP contribution in [0.3, 0.4) is 0 Å². The number of carbonyl (C=O) groups is 2. The first kappa shape index (κ1) is 22.5. The van der Waals surface area contributed by atoms with E-state index in [-0.39, 0.29) is 24.8 Å². The van der Waals surface area contributed by atoms with Crippen LogP contribution in [0.15, 0.2) is 85.1 Å². The lowest BCUT2D eigenvalue weighted by Crippen LogP contribution is -2.23. The van der Waals surface area contributed by atoms with Crippen LogP contribution >= 0.6 is 0 Å². The Morgan fingerprint density at radius 1 is 1.09 bits per heavy atom. The topological polar surface area (TPSA) is 59.5 Å². The van der Waals surface area contributed by atoms with E-state index in [0.717, 1.165) is 17.4 Å². The number of hydrogen-bond acceptors (Lipinski definition) is 4. The summed E-state index contributed by atoms with van der Waals surface area (Å²) >= 11 is 0. The fourth-order valence-electron chi connectivity index (χ4n) is 4.52. The zero-order chi connectivity index (χ0) is 24.4. The Morgan fingerprint density at radius 3 is 2.57 bits per heavy atom. The van der Waals surface area contributed by atoms with E-state index in [4.69, 9.17) is 4.74 Å². The molecule has 0 aliphatic carbocycles. The van der Waals surface area contributed by atoms with Gasteiger partial charge in [0, 0.05) is 30.2 Å². The Hall–Kier alpha value is -4.32. The minimum atomic E-state index is -0.448. The van der Waals surface area contributed by atoms with Crippen molar-refractivity contribution in [3.8, 4) is 5.75 Å². The number of amides is 1. The summed E-state index contributed by atoms with van der Waals surface area (Å²) < 4.78 is 19.9. The molecule has 1 amide bonds. The van der Waals surface area contributed by atoms with Gasteiger partial charge in [-0.3, -0.25) is 14.6 Å². The van der Waals surface area contributed by atoms with Crippen molar-refractivity contribution in [2.24, 2.45) is 0 Å². The van der Waals surface area contributed by atoms with Crippen LogP contribution in [0.2, 0.25) is 0 Å². The highest BCUT2D eigenvalue weighted by molar-refractivity contribution is 6.12. The van der Waals surface area contributed by atoms with Gasteiger partial charge in [-0.2, -0.15) is 0 Å². The van der Waals surface area contributed by atoms with Gasteiger partial charge in [0.1, 0.15) is 17.4 Å². The van der Waals surface area contributed by atoms with E-state index >= 15 is 0 Å². The first-order valence-electron chi connectivity index (χ1n) is 11.4. The summed E-state index contributed by atoms with van der Waals surface area (Å²) in [7, 11) is 0. The number of nitrogens with zero attached hydrogens (tertiary/aromatic N) is 2. The standard InChI is InChI=1S/C29H23FN2O3/c1-2-7-25(20-8-4-3-5-9-20)35-28-26-23(24(18-33)22-10-6-15-31-27(22)28)17-32(29(26)34)16-19-11-13-21(30)14-12-19/h2-15,18,25H,16-17H2,1H3/b7-2+. The molecule has 3 aromatic carbocycles. The van der Waals surface area contributed by atoms with E-state index in [1.54, 1.807) is 29.3 Å². The number of ether oxygens (including phenoxy) is 1. The smallest absolute Gasteiger partial charge is 0.258 e. The Balaban J connectivity index is 1.64. The van der Waals surface area contributed by atoms with Crippen LogP contribution in [-0.4, -0.2) is 22.1 Å². The van der Waals surface area contributed by atoms with Crippen molar-refractivity contribution in [3.63, 3.8) is 0 Å². The van der Waals surface area contributed by atoms with Crippen LogP contribution in [0, 0.1) is 5.82 Å². The van der Waals surface area contributed by atoms with Gasteiger partial charge in [0.05, 0.1) is 5.56 Å². The average molecular weight is 467 g/mol. The summed E-state index contributed by atoms with van der Waals surface area (Å²) in [5.74, 6) is -0.223. The van der Waals surface area contributed by atoms with Crippen LogP contribution in [0.5, 0.6) is 5.75 Å². The van der Waals surface area contributed by atoms with Crippen molar-refractivity contribution >= 4 is 23.1 Å². The zero-order valence-electron chi connectivity index (χ0n) is 19.1. The molecule has 35 heavy (non-hydrogen) atoms. The van der Waals surface area contributed by atoms with E-state index in [9.17, 15) is 14.0 Å². The predicted molar refractivity (Wildman–Crippen MR) is 132 cm³/mol. The van der Waals surface area contributed by atoms with Crippen LogP contribution < -0.4 is 4.74 Å². The summed E-state index contributed by atoms with van der Waals surface area (Å²) in [6.45, 7) is 2.44. The number of hydrogen-bond donors (Lipinski definition) is 0. The second-order valence-electron chi connectivity index (χ2n) is 8.38. The SMILES string of the molecule is C/C=C/C(Oc1c2c(c(C=O)c3cccnc13)CN(Cc1ccc(F)cc1)C2=O)c1ccccc1. The molecule has 174 valence electrons. The molecule has 0 bridgehead atoms. The molecule has 0 N–H and O–H groups in total. The van der Waals surface area contributed by atoms with E-state index in [1.165, 1.54) is 12.1 Å². The second-order valence-corrected chi connectivity index (χ2v) is 8.38. The molecular weight excluding hydrogens is 443 g/mol. The lowest BCUT2D eigenvalue weighted by atomic mass is 9.97. The third-order valence-electron chi connectivity index (χ3n) is 6.16. The number of aromatic nitrogens is 1. The van der Waals surface area contributed by atoms with Crippen LogP contribution in [0.25, 0.3) is 10.9 Å². The maximum absolute atomic E-state index is 13.7. The van der Waals surface area contributed by atoms with E-state index in [2.05, 4.69) is 4.98 Å². The van der Waals surface area contributed by atoms with Crippen molar-refractivity contribution < 1.29 is 18.7 Å². The summed E-state index contributed by atoms with van der Waals surface area (Å²) in [6, 6.07) is 19.3. The maximum atomic E-state index is 13.7. The summed E-state index contributed by atoms with van der Waals surface area (Å²) in [5.41, 5.74) is 3.60. The quantitative estimate of drug-likeness (QED) is 0.246. The molecule has 0 saturated carbocycles. The number of halogens is 1. The van der Waals surface area contributed by atoms with Gasteiger partial charge in [0.15, 0.2) is 12.0 Å². The number of allylic oxidation sites excluding steroid dienone is 1. The Labute approximate surface area is 202 Å². The van der Waals surface area contributed by atoms with E-state index < -0.39 is 6.10 Å². The first-order valence-corrected chi connectivity index (χ1v) is 11.4. The lowest BCUT2D eigenvalue weighted by Gasteiger charge is -2.20. The van der Waals surface area contributed by atoms with Gasteiger partial charge < -0.3 is 9.64 Å². The average Bonchev–Trinajstić information content (AvgIpc) is 3.20. The molecule has 1 unspecified atom stereocenters. The van der Waals surface area contributed by atoms with Gasteiger partial charge in [0.25, 0.3) is 5.91 Å². The van der Waals surface area contributed by atoms with Crippen molar-refractivity contribution in [2.75, 3.05) is 0 Å². The van der Waals surface area contributed by atoms with Crippen LogP contribution in [0.4, 0.5) is 4.39 Å². The fourth-order valence-corrected chi connectivity index (χ4v) is 4.52. The molecule has 1 aromatic heterocycles. The summed E-state index contributed by atoms with van der Waals surface area (Å²) in [4.78, 5) is 32.0. The largest absolute Gasteiger partial charge is 0.478 e. The fraction of sp³-hybridized carbons (Fsp3) is 0.138. The number of pyridine rings is 1. The van der Waals surface area contributed by atoms with Crippen molar-refractivity contribution in [1.29, 1.82) is 0 Å². The van der Waals surface area contributed by atoms with Gasteiger partial charge in [-0.1, -0.05) is 54.6 Å². The van der Waals surface area contributed by atoms with E-state index in [0.29, 0.717) is 33.3 Å². The Kier molecular flexibility index (Phi) is 6.10. The molecule has 1 aliphatic heterocycles. The molecule has 6 heteroatoms. The molecule has 0 spiro atoms. The maximum Gasteiger partial charge on any atom is 0.258 e. The van der Waals surface area contributed by atoms with Crippen molar-refractivity contribution in [3.05, 3.63) is 119 Å². The van der Waals surface area contributed by atoms with Gasteiger partial charge >= 0.3 is 0 Å². The Morgan fingerprint density at radius 2 is 1.86 bits per heavy atom. The highest BCUT2D eigenvalue weighted by atomic mass is 19.1.